The van der Waals surface area contributed by atoms with E-state index in [1.165, 1.54) is 23.5 Å². The number of hydrogen-bond donors (Lipinski definition) is 3. The zero-order chi connectivity index (χ0) is 14.8. The lowest BCUT2D eigenvalue weighted by molar-refractivity contribution is 0.452. The fourth-order valence-electron chi connectivity index (χ4n) is 1.74. The van der Waals surface area contributed by atoms with Crippen LogP contribution in [0.2, 0.25) is 5.02 Å². The van der Waals surface area contributed by atoms with Crippen molar-refractivity contribution in [3.05, 3.63) is 47.5 Å². The van der Waals surface area contributed by atoms with Gasteiger partial charge in [-0.1, -0.05) is 22.9 Å². The highest BCUT2D eigenvalue weighted by Gasteiger charge is 2.11. The molecule has 0 aliphatic carbocycles. The normalized spacial score (nSPS) is 10.5. The van der Waals surface area contributed by atoms with E-state index in [4.69, 9.17) is 11.6 Å². The van der Waals surface area contributed by atoms with Crippen LogP contribution in [0.5, 0.6) is 11.5 Å². The standard InChI is InChI=1S/C14H10ClN3O2S/c15-8-1-3-9(4-2-8)16-14-18-17-13(21-14)11-6-5-10(19)7-12(11)20/h1-7,19-20H,(H,16,18). The number of nitrogens with zero attached hydrogens (tertiary/aromatic N) is 2. The van der Waals surface area contributed by atoms with Gasteiger partial charge in [-0.05, 0) is 36.4 Å². The largest absolute Gasteiger partial charge is 0.508 e. The van der Waals surface area contributed by atoms with Crippen molar-refractivity contribution < 1.29 is 10.2 Å². The van der Waals surface area contributed by atoms with Gasteiger partial charge in [0.05, 0.1) is 5.56 Å². The van der Waals surface area contributed by atoms with Gasteiger partial charge >= 0.3 is 0 Å². The zero-order valence-corrected chi connectivity index (χ0v) is 12.2. The van der Waals surface area contributed by atoms with E-state index in [0.717, 1.165) is 5.69 Å². The Balaban J connectivity index is 1.84. The zero-order valence-electron chi connectivity index (χ0n) is 10.6. The minimum atomic E-state index is -0.0378. The number of rotatable bonds is 3. The summed E-state index contributed by atoms with van der Waals surface area (Å²) in [6, 6.07) is 11.6. The van der Waals surface area contributed by atoms with Crippen LogP contribution in [0, 0.1) is 0 Å². The van der Waals surface area contributed by atoms with Crippen LogP contribution in [0.15, 0.2) is 42.5 Å². The van der Waals surface area contributed by atoms with Gasteiger partial charge in [-0.15, -0.1) is 10.2 Å². The Kier molecular flexibility index (Phi) is 3.64. The van der Waals surface area contributed by atoms with Gasteiger partial charge in [0.1, 0.15) is 11.5 Å². The molecule has 0 saturated carbocycles. The Morgan fingerprint density at radius 1 is 1.00 bits per heavy atom. The molecule has 0 bridgehead atoms. The molecular weight excluding hydrogens is 310 g/mol. The van der Waals surface area contributed by atoms with Crippen LogP contribution in [0.4, 0.5) is 10.8 Å². The monoisotopic (exact) mass is 319 g/mol. The summed E-state index contributed by atoms with van der Waals surface area (Å²) in [4.78, 5) is 0. The molecule has 0 atom stereocenters. The van der Waals surface area contributed by atoms with Crippen LogP contribution in [0.25, 0.3) is 10.6 Å². The summed E-state index contributed by atoms with van der Waals surface area (Å²) in [6.45, 7) is 0. The minimum absolute atomic E-state index is 0.000257. The van der Waals surface area contributed by atoms with E-state index in [-0.39, 0.29) is 11.5 Å². The summed E-state index contributed by atoms with van der Waals surface area (Å²) in [5, 5.41) is 32.1. The molecule has 0 fully saturated rings. The summed E-state index contributed by atoms with van der Waals surface area (Å²) in [5.74, 6) is -0.0375. The second-order valence-corrected chi connectivity index (χ2v) is 5.66. The number of hydrogen-bond acceptors (Lipinski definition) is 6. The van der Waals surface area contributed by atoms with Crippen molar-refractivity contribution in [1.29, 1.82) is 0 Å². The Bertz CT molecular complexity index is 774. The first-order valence-electron chi connectivity index (χ1n) is 6.00. The van der Waals surface area contributed by atoms with Crippen molar-refractivity contribution in [1.82, 2.24) is 10.2 Å². The number of benzene rings is 2. The lowest BCUT2D eigenvalue weighted by Crippen LogP contribution is -1.88. The third-order valence-corrected chi connectivity index (χ3v) is 3.86. The van der Waals surface area contributed by atoms with E-state index in [1.807, 2.05) is 12.1 Å². The third kappa shape index (κ3) is 3.07. The first-order valence-corrected chi connectivity index (χ1v) is 7.20. The lowest BCUT2D eigenvalue weighted by Gasteiger charge is -2.01. The molecule has 7 heteroatoms. The molecule has 1 aromatic heterocycles. The molecule has 0 amide bonds. The van der Waals surface area contributed by atoms with Gasteiger partial charge in [0.15, 0.2) is 5.01 Å². The fourth-order valence-corrected chi connectivity index (χ4v) is 2.66. The van der Waals surface area contributed by atoms with Crippen LogP contribution in [-0.4, -0.2) is 20.4 Å². The van der Waals surface area contributed by atoms with Crippen LogP contribution in [-0.2, 0) is 0 Å². The van der Waals surface area contributed by atoms with Crippen LogP contribution < -0.4 is 5.32 Å². The topological polar surface area (TPSA) is 78.3 Å². The number of phenolic OH excluding ortho intramolecular Hbond substituents is 2. The average molecular weight is 320 g/mol. The molecule has 0 saturated heterocycles. The van der Waals surface area contributed by atoms with Crippen molar-refractivity contribution in [3.63, 3.8) is 0 Å². The highest BCUT2D eigenvalue weighted by molar-refractivity contribution is 7.18. The second-order valence-electron chi connectivity index (χ2n) is 4.25. The molecule has 0 radical (unpaired) electrons. The smallest absolute Gasteiger partial charge is 0.210 e. The first kappa shape index (κ1) is 13.7. The van der Waals surface area contributed by atoms with Gasteiger partial charge in [0.2, 0.25) is 5.13 Å². The maximum absolute atomic E-state index is 9.82. The van der Waals surface area contributed by atoms with Crippen molar-refractivity contribution in [2.75, 3.05) is 5.32 Å². The Hall–Kier alpha value is -2.31. The Morgan fingerprint density at radius 3 is 2.48 bits per heavy atom. The van der Waals surface area contributed by atoms with E-state index in [1.54, 1.807) is 18.2 Å². The van der Waals surface area contributed by atoms with E-state index in [9.17, 15) is 10.2 Å². The van der Waals surface area contributed by atoms with Crippen LogP contribution in [0.1, 0.15) is 0 Å². The Morgan fingerprint density at radius 2 is 1.76 bits per heavy atom. The van der Waals surface area contributed by atoms with Crippen molar-refractivity contribution in [2.45, 2.75) is 0 Å². The van der Waals surface area contributed by atoms with Gasteiger partial charge in [-0.2, -0.15) is 0 Å². The predicted molar refractivity (Wildman–Crippen MR) is 83.4 cm³/mol. The fraction of sp³-hybridized carbons (Fsp3) is 0. The molecule has 0 spiro atoms. The SMILES string of the molecule is Oc1ccc(-c2nnc(Nc3ccc(Cl)cc3)s2)c(O)c1. The molecule has 2 aromatic carbocycles. The molecule has 3 rings (SSSR count). The average Bonchev–Trinajstić information content (AvgIpc) is 2.90. The van der Waals surface area contributed by atoms with Gasteiger partial charge < -0.3 is 15.5 Å². The molecule has 5 nitrogen and oxygen atoms in total. The van der Waals surface area contributed by atoms with Crippen molar-refractivity contribution >= 4 is 33.8 Å². The summed E-state index contributed by atoms with van der Waals surface area (Å²) in [5.41, 5.74) is 1.37. The molecular formula is C14H10ClN3O2S. The molecule has 21 heavy (non-hydrogen) atoms. The second kappa shape index (κ2) is 5.59. The summed E-state index contributed by atoms with van der Waals surface area (Å²) in [7, 11) is 0. The van der Waals surface area contributed by atoms with Crippen LogP contribution in [0.3, 0.4) is 0 Å². The molecule has 106 valence electrons. The highest BCUT2D eigenvalue weighted by atomic mass is 35.5. The lowest BCUT2D eigenvalue weighted by atomic mass is 10.2. The first-order chi connectivity index (χ1) is 10.1. The van der Waals surface area contributed by atoms with E-state index in [0.29, 0.717) is 20.7 Å². The number of halogens is 1. The molecule has 1 heterocycles. The molecule has 3 aromatic rings. The number of anilines is 2. The number of aromatic nitrogens is 2. The summed E-state index contributed by atoms with van der Waals surface area (Å²) in [6.07, 6.45) is 0. The van der Waals surface area contributed by atoms with Gasteiger partial charge in [0.25, 0.3) is 0 Å². The van der Waals surface area contributed by atoms with Crippen molar-refractivity contribution in [2.24, 2.45) is 0 Å². The van der Waals surface area contributed by atoms with E-state index >= 15 is 0 Å². The molecule has 0 unspecified atom stereocenters. The minimum Gasteiger partial charge on any atom is -0.508 e. The predicted octanol–water partition coefficient (Wildman–Crippen LogP) is 4.01. The van der Waals surface area contributed by atoms with Gasteiger partial charge in [-0.25, -0.2) is 0 Å². The summed E-state index contributed by atoms with van der Waals surface area (Å²) < 4.78 is 0. The number of phenols is 2. The molecule has 0 aliphatic heterocycles. The van der Waals surface area contributed by atoms with Crippen molar-refractivity contribution in [3.8, 4) is 22.1 Å². The van der Waals surface area contributed by atoms with Crippen LogP contribution >= 0.6 is 22.9 Å². The molecule has 3 N–H and O–H groups in total. The molecule has 0 aliphatic rings. The maximum atomic E-state index is 9.82. The Labute approximate surface area is 129 Å². The quantitative estimate of drug-likeness (QED) is 0.679. The van der Waals surface area contributed by atoms with E-state index in [2.05, 4.69) is 15.5 Å². The van der Waals surface area contributed by atoms with Gasteiger partial charge in [0, 0.05) is 16.8 Å². The summed E-state index contributed by atoms with van der Waals surface area (Å²) >= 11 is 7.12. The highest BCUT2D eigenvalue weighted by Crippen LogP contribution is 2.35. The van der Waals surface area contributed by atoms with Gasteiger partial charge in [-0.3, -0.25) is 0 Å². The van der Waals surface area contributed by atoms with E-state index < -0.39 is 0 Å². The number of nitrogens with one attached hydrogen (secondary N) is 1. The third-order valence-electron chi connectivity index (χ3n) is 2.73. The number of aromatic hydroxyl groups is 2. The maximum Gasteiger partial charge on any atom is 0.210 e.